The zero-order valence-corrected chi connectivity index (χ0v) is 10.2. The molecule has 3 atom stereocenters. The Labute approximate surface area is 93.8 Å². The second kappa shape index (κ2) is 4.84. The van der Waals surface area contributed by atoms with Gasteiger partial charge in [-0.1, -0.05) is 33.1 Å². The highest BCUT2D eigenvalue weighted by Crippen LogP contribution is 2.40. The van der Waals surface area contributed by atoms with Gasteiger partial charge in [0, 0.05) is 13.1 Å². The van der Waals surface area contributed by atoms with Crippen LogP contribution in [0.15, 0.2) is 0 Å². The highest BCUT2D eigenvalue weighted by molar-refractivity contribution is 4.96. The van der Waals surface area contributed by atoms with Gasteiger partial charge >= 0.3 is 0 Å². The zero-order chi connectivity index (χ0) is 10.7. The van der Waals surface area contributed by atoms with Crippen LogP contribution in [0.2, 0.25) is 0 Å². The van der Waals surface area contributed by atoms with Crippen molar-refractivity contribution in [2.24, 2.45) is 5.92 Å². The van der Waals surface area contributed by atoms with Crippen LogP contribution < -0.4 is 5.32 Å². The molecule has 2 heteroatoms. The number of rotatable bonds is 2. The van der Waals surface area contributed by atoms with Gasteiger partial charge in [0.05, 0.1) is 11.7 Å². The fourth-order valence-corrected chi connectivity index (χ4v) is 3.33. The lowest BCUT2D eigenvalue weighted by atomic mass is 9.73. The summed E-state index contributed by atoms with van der Waals surface area (Å²) in [4.78, 5) is 0. The summed E-state index contributed by atoms with van der Waals surface area (Å²) in [5, 5.41) is 3.59. The summed E-state index contributed by atoms with van der Waals surface area (Å²) in [6.07, 6.45) is 8.27. The number of hydrogen-bond acceptors (Lipinski definition) is 2. The van der Waals surface area contributed by atoms with Gasteiger partial charge in [0.2, 0.25) is 0 Å². The van der Waals surface area contributed by atoms with Gasteiger partial charge in [-0.05, 0) is 25.2 Å². The summed E-state index contributed by atoms with van der Waals surface area (Å²) >= 11 is 0. The fourth-order valence-electron chi connectivity index (χ4n) is 3.33. The van der Waals surface area contributed by atoms with Gasteiger partial charge in [0.1, 0.15) is 0 Å². The molecule has 1 aliphatic heterocycles. The van der Waals surface area contributed by atoms with Crippen LogP contribution in [0.1, 0.15) is 52.4 Å². The number of hydrogen-bond donors (Lipinski definition) is 1. The Hall–Kier alpha value is -0.0800. The van der Waals surface area contributed by atoms with Crippen molar-refractivity contribution in [2.75, 3.05) is 13.1 Å². The molecule has 0 radical (unpaired) electrons. The van der Waals surface area contributed by atoms with E-state index in [1.54, 1.807) is 0 Å². The van der Waals surface area contributed by atoms with Gasteiger partial charge in [-0.15, -0.1) is 0 Å². The predicted molar refractivity (Wildman–Crippen MR) is 63.0 cm³/mol. The smallest absolute Gasteiger partial charge is 0.0838 e. The lowest BCUT2D eigenvalue weighted by Gasteiger charge is -2.49. The van der Waals surface area contributed by atoms with Gasteiger partial charge in [-0.3, -0.25) is 0 Å². The van der Waals surface area contributed by atoms with Crippen molar-refractivity contribution in [1.29, 1.82) is 0 Å². The van der Waals surface area contributed by atoms with Crippen molar-refractivity contribution >= 4 is 0 Å². The molecule has 1 N–H and O–H groups in total. The first-order valence-electron chi connectivity index (χ1n) is 6.69. The van der Waals surface area contributed by atoms with Crippen LogP contribution in [0.25, 0.3) is 0 Å². The monoisotopic (exact) mass is 211 g/mol. The quantitative estimate of drug-likeness (QED) is 0.758. The summed E-state index contributed by atoms with van der Waals surface area (Å²) in [7, 11) is 0. The third-order valence-corrected chi connectivity index (χ3v) is 4.29. The maximum absolute atomic E-state index is 6.41. The number of morpholine rings is 1. The highest BCUT2D eigenvalue weighted by atomic mass is 16.5. The van der Waals surface area contributed by atoms with E-state index in [1.165, 1.54) is 32.1 Å². The third kappa shape index (κ3) is 2.21. The van der Waals surface area contributed by atoms with E-state index in [9.17, 15) is 0 Å². The Kier molecular flexibility index (Phi) is 3.68. The molecule has 1 spiro atoms. The first-order valence-corrected chi connectivity index (χ1v) is 6.69. The normalized spacial score (nSPS) is 42.0. The molecule has 0 amide bonds. The summed E-state index contributed by atoms with van der Waals surface area (Å²) in [6.45, 7) is 6.68. The zero-order valence-electron chi connectivity index (χ0n) is 10.2. The van der Waals surface area contributed by atoms with E-state index >= 15 is 0 Å². The maximum atomic E-state index is 6.41. The van der Waals surface area contributed by atoms with E-state index in [4.69, 9.17) is 4.74 Å². The van der Waals surface area contributed by atoms with E-state index in [1.807, 2.05) is 0 Å². The first kappa shape index (κ1) is 11.4. The van der Waals surface area contributed by atoms with Gasteiger partial charge in [0.15, 0.2) is 0 Å². The van der Waals surface area contributed by atoms with E-state index in [0.29, 0.717) is 6.10 Å². The van der Waals surface area contributed by atoms with Crippen LogP contribution in [-0.4, -0.2) is 24.8 Å². The van der Waals surface area contributed by atoms with Crippen LogP contribution in [-0.2, 0) is 4.74 Å². The lowest BCUT2D eigenvalue weighted by Crippen LogP contribution is -2.58. The standard InChI is InChI=1S/C13H25NO/c1-3-11-7-5-6-8-13(11)10-14-9-12(4-2)15-13/h11-12,14H,3-10H2,1-2H3. The molecule has 0 aromatic carbocycles. The average Bonchev–Trinajstić information content (AvgIpc) is 2.30. The molecule has 2 aliphatic rings. The Balaban J connectivity index is 2.07. The Bertz CT molecular complexity index is 203. The second-order valence-electron chi connectivity index (χ2n) is 5.19. The van der Waals surface area contributed by atoms with Crippen molar-refractivity contribution in [3.63, 3.8) is 0 Å². The van der Waals surface area contributed by atoms with Crippen LogP contribution >= 0.6 is 0 Å². The minimum atomic E-state index is 0.186. The molecule has 2 rings (SSSR count). The average molecular weight is 211 g/mol. The molecule has 1 saturated carbocycles. The van der Waals surface area contributed by atoms with Crippen LogP contribution in [0.5, 0.6) is 0 Å². The Morgan fingerprint density at radius 1 is 1.27 bits per heavy atom. The van der Waals surface area contributed by atoms with E-state index < -0.39 is 0 Å². The largest absolute Gasteiger partial charge is 0.369 e. The molecule has 1 aliphatic carbocycles. The molecule has 1 saturated heterocycles. The number of ether oxygens (including phenoxy) is 1. The van der Waals surface area contributed by atoms with Crippen LogP contribution in [0.3, 0.4) is 0 Å². The van der Waals surface area contributed by atoms with Crippen molar-refractivity contribution in [3.8, 4) is 0 Å². The molecule has 1 heterocycles. The third-order valence-electron chi connectivity index (χ3n) is 4.29. The van der Waals surface area contributed by atoms with Crippen LogP contribution in [0.4, 0.5) is 0 Å². The minimum absolute atomic E-state index is 0.186. The SMILES string of the molecule is CCC1CNCC2(CCCCC2CC)O1. The molecule has 15 heavy (non-hydrogen) atoms. The molecule has 0 bridgehead atoms. The van der Waals surface area contributed by atoms with E-state index in [0.717, 1.165) is 25.4 Å². The molecular weight excluding hydrogens is 186 g/mol. The fraction of sp³-hybridized carbons (Fsp3) is 1.00. The van der Waals surface area contributed by atoms with Crippen molar-refractivity contribution < 1.29 is 4.74 Å². The number of nitrogens with one attached hydrogen (secondary N) is 1. The molecule has 0 aromatic heterocycles. The summed E-state index contributed by atoms with van der Waals surface area (Å²) in [5.74, 6) is 0.785. The van der Waals surface area contributed by atoms with Crippen LogP contribution in [0, 0.1) is 5.92 Å². The molecule has 0 aromatic rings. The van der Waals surface area contributed by atoms with Gasteiger partial charge in [-0.2, -0.15) is 0 Å². The Morgan fingerprint density at radius 2 is 2.13 bits per heavy atom. The van der Waals surface area contributed by atoms with Gasteiger partial charge in [-0.25, -0.2) is 0 Å². The highest BCUT2D eigenvalue weighted by Gasteiger charge is 2.43. The lowest BCUT2D eigenvalue weighted by molar-refractivity contribution is -0.164. The molecule has 3 unspecified atom stereocenters. The Morgan fingerprint density at radius 3 is 2.87 bits per heavy atom. The van der Waals surface area contributed by atoms with Crippen molar-refractivity contribution in [2.45, 2.75) is 64.1 Å². The molecule has 88 valence electrons. The maximum Gasteiger partial charge on any atom is 0.0838 e. The minimum Gasteiger partial charge on any atom is -0.369 e. The summed E-state index contributed by atoms with van der Waals surface area (Å²) in [6, 6.07) is 0. The van der Waals surface area contributed by atoms with Gasteiger partial charge in [0.25, 0.3) is 0 Å². The van der Waals surface area contributed by atoms with E-state index in [2.05, 4.69) is 19.2 Å². The topological polar surface area (TPSA) is 21.3 Å². The van der Waals surface area contributed by atoms with Gasteiger partial charge < -0.3 is 10.1 Å². The van der Waals surface area contributed by atoms with Crippen molar-refractivity contribution in [3.05, 3.63) is 0 Å². The molecule has 2 fully saturated rings. The predicted octanol–water partition coefficient (Wildman–Crippen LogP) is 2.72. The molecular formula is C13H25NO. The van der Waals surface area contributed by atoms with E-state index in [-0.39, 0.29) is 5.60 Å². The molecule has 2 nitrogen and oxygen atoms in total. The first-order chi connectivity index (χ1) is 7.30. The summed E-state index contributed by atoms with van der Waals surface area (Å²) in [5.41, 5.74) is 0.186. The second-order valence-corrected chi connectivity index (χ2v) is 5.19. The van der Waals surface area contributed by atoms with Crippen molar-refractivity contribution in [1.82, 2.24) is 5.32 Å². The summed E-state index contributed by atoms with van der Waals surface area (Å²) < 4.78 is 6.41.